The summed E-state index contributed by atoms with van der Waals surface area (Å²) in [4.78, 5) is 43.0. The monoisotopic (exact) mass is 457 g/mol. The van der Waals surface area contributed by atoms with E-state index in [-0.39, 0.29) is 30.4 Å². The van der Waals surface area contributed by atoms with Gasteiger partial charge in [-0.15, -0.1) is 0 Å². The molecule has 4 rings (SSSR count). The lowest BCUT2D eigenvalue weighted by molar-refractivity contribution is -0.150. The average molecular weight is 458 g/mol. The third-order valence-corrected chi connectivity index (χ3v) is 6.80. The Kier molecular flexibility index (Phi) is 6.77. The van der Waals surface area contributed by atoms with E-state index < -0.39 is 17.2 Å². The van der Waals surface area contributed by atoms with Crippen LogP contribution in [0.15, 0.2) is 30.3 Å². The molecule has 1 spiro atoms. The first-order valence-corrected chi connectivity index (χ1v) is 11.9. The molecule has 2 atom stereocenters. The second kappa shape index (κ2) is 9.43. The summed E-state index contributed by atoms with van der Waals surface area (Å²) in [5, 5.41) is 2.97. The number of nitrogens with one attached hydrogen (secondary N) is 1. The zero-order valence-electron chi connectivity index (χ0n) is 19.8. The molecular weight excluding hydrogens is 422 g/mol. The molecule has 8 heteroatoms. The minimum absolute atomic E-state index is 0.0233. The van der Waals surface area contributed by atoms with Crippen LogP contribution in [0.4, 0.5) is 0 Å². The number of amides is 3. The largest absolute Gasteiger partial charge is 0.376 e. The van der Waals surface area contributed by atoms with Crippen LogP contribution in [0.2, 0.25) is 0 Å². The Morgan fingerprint density at radius 2 is 1.82 bits per heavy atom. The highest BCUT2D eigenvalue weighted by molar-refractivity contribution is 5.98. The van der Waals surface area contributed by atoms with Gasteiger partial charge in [0.05, 0.1) is 12.7 Å². The molecule has 2 unspecified atom stereocenters. The van der Waals surface area contributed by atoms with Gasteiger partial charge in [-0.3, -0.25) is 19.3 Å². The van der Waals surface area contributed by atoms with Gasteiger partial charge < -0.3 is 19.7 Å². The highest BCUT2D eigenvalue weighted by atomic mass is 16.5. The van der Waals surface area contributed by atoms with Crippen LogP contribution in [0.3, 0.4) is 0 Å². The van der Waals surface area contributed by atoms with E-state index in [9.17, 15) is 14.4 Å². The van der Waals surface area contributed by atoms with Gasteiger partial charge in [0.15, 0.2) is 0 Å². The first kappa shape index (κ1) is 23.7. The molecule has 3 aliphatic rings. The van der Waals surface area contributed by atoms with Crippen molar-refractivity contribution >= 4 is 17.7 Å². The first-order chi connectivity index (χ1) is 15.7. The van der Waals surface area contributed by atoms with Crippen LogP contribution >= 0.6 is 0 Å². The average Bonchev–Trinajstić information content (AvgIpc) is 3.45. The summed E-state index contributed by atoms with van der Waals surface area (Å²) < 4.78 is 11.8. The fourth-order valence-electron chi connectivity index (χ4n) is 4.96. The maximum Gasteiger partial charge on any atom is 0.256 e. The molecule has 0 saturated carbocycles. The fraction of sp³-hybridized carbons (Fsp3) is 0.640. The summed E-state index contributed by atoms with van der Waals surface area (Å²) in [5.41, 5.74) is -0.842. The predicted octanol–water partition coefficient (Wildman–Crippen LogP) is 2.19. The lowest BCUT2D eigenvalue weighted by Crippen LogP contribution is -2.60. The van der Waals surface area contributed by atoms with Gasteiger partial charge >= 0.3 is 0 Å². The lowest BCUT2D eigenvalue weighted by atomic mass is 9.91. The normalized spacial score (nSPS) is 24.8. The Labute approximate surface area is 195 Å². The van der Waals surface area contributed by atoms with E-state index in [0.29, 0.717) is 38.0 Å². The third kappa shape index (κ3) is 4.92. The van der Waals surface area contributed by atoms with E-state index in [1.165, 1.54) is 0 Å². The minimum Gasteiger partial charge on any atom is -0.376 e. The Bertz CT molecular complexity index is 868. The van der Waals surface area contributed by atoms with Crippen molar-refractivity contribution in [3.63, 3.8) is 0 Å². The topological polar surface area (TPSA) is 88.2 Å². The molecule has 0 bridgehead atoms. The van der Waals surface area contributed by atoms with Gasteiger partial charge in [-0.1, -0.05) is 39.0 Å². The molecule has 1 N–H and O–H groups in total. The highest BCUT2D eigenvalue weighted by Gasteiger charge is 2.54. The van der Waals surface area contributed by atoms with Crippen molar-refractivity contribution in [2.24, 2.45) is 5.41 Å². The molecule has 3 saturated heterocycles. The van der Waals surface area contributed by atoms with Crippen LogP contribution in [0, 0.1) is 5.41 Å². The van der Waals surface area contributed by atoms with E-state index in [0.717, 1.165) is 19.4 Å². The van der Waals surface area contributed by atoms with Gasteiger partial charge in [0, 0.05) is 50.1 Å². The molecule has 8 nitrogen and oxygen atoms in total. The second-order valence-corrected chi connectivity index (χ2v) is 10.2. The number of ether oxygens (including phenoxy) is 2. The molecule has 3 amide bonds. The molecule has 1 aromatic carbocycles. The second-order valence-electron chi connectivity index (χ2n) is 10.2. The Hall–Kier alpha value is -2.45. The van der Waals surface area contributed by atoms with Gasteiger partial charge in [-0.05, 0) is 25.0 Å². The minimum atomic E-state index is -0.895. The van der Waals surface area contributed by atoms with Crippen molar-refractivity contribution in [3.8, 4) is 0 Å². The Morgan fingerprint density at radius 1 is 1.12 bits per heavy atom. The van der Waals surface area contributed by atoms with E-state index in [1.807, 2.05) is 43.9 Å². The van der Waals surface area contributed by atoms with E-state index >= 15 is 0 Å². The quantitative estimate of drug-likeness (QED) is 0.749. The number of carbonyl (C=O) groups is 3. The number of hydrogen-bond acceptors (Lipinski definition) is 5. The highest BCUT2D eigenvalue weighted by Crippen LogP contribution is 2.39. The summed E-state index contributed by atoms with van der Waals surface area (Å²) in [6, 6.07) is 8.28. The molecule has 1 aromatic rings. The van der Waals surface area contributed by atoms with Crippen LogP contribution < -0.4 is 5.32 Å². The van der Waals surface area contributed by atoms with E-state index in [4.69, 9.17) is 9.47 Å². The van der Waals surface area contributed by atoms with Gasteiger partial charge in [0.2, 0.25) is 11.8 Å². The van der Waals surface area contributed by atoms with Gasteiger partial charge in [0.1, 0.15) is 11.8 Å². The van der Waals surface area contributed by atoms with Crippen molar-refractivity contribution < 1.29 is 23.9 Å². The molecule has 33 heavy (non-hydrogen) atoms. The fourth-order valence-corrected chi connectivity index (χ4v) is 4.96. The van der Waals surface area contributed by atoms with Crippen LogP contribution in [-0.2, 0) is 19.1 Å². The SMILES string of the molecule is CC(C)(C)C(=O)N1CCC2(CC1)OCC(C(=O)NCC1CCCO1)N2C(=O)c1ccccc1. The first-order valence-electron chi connectivity index (χ1n) is 11.9. The molecule has 3 aliphatic heterocycles. The summed E-state index contributed by atoms with van der Waals surface area (Å²) in [7, 11) is 0. The van der Waals surface area contributed by atoms with Crippen molar-refractivity contribution in [2.45, 2.75) is 64.3 Å². The van der Waals surface area contributed by atoms with E-state index in [1.54, 1.807) is 17.0 Å². The predicted molar refractivity (Wildman–Crippen MR) is 122 cm³/mol. The number of piperidine rings is 1. The van der Waals surface area contributed by atoms with Crippen molar-refractivity contribution in [1.29, 1.82) is 0 Å². The van der Waals surface area contributed by atoms with Crippen LogP contribution in [-0.4, -0.2) is 78.2 Å². The molecule has 0 aromatic heterocycles. The Balaban J connectivity index is 1.53. The maximum atomic E-state index is 13.6. The van der Waals surface area contributed by atoms with Gasteiger partial charge in [0.25, 0.3) is 5.91 Å². The third-order valence-electron chi connectivity index (χ3n) is 6.80. The van der Waals surface area contributed by atoms with Gasteiger partial charge in [-0.2, -0.15) is 0 Å². The molecular formula is C25H35N3O5. The van der Waals surface area contributed by atoms with Gasteiger partial charge in [-0.25, -0.2) is 0 Å². The number of likely N-dealkylation sites (tertiary alicyclic amines) is 1. The zero-order valence-corrected chi connectivity index (χ0v) is 19.8. The van der Waals surface area contributed by atoms with E-state index in [2.05, 4.69) is 5.32 Å². The van der Waals surface area contributed by atoms with Crippen molar-refractivity contribution in [1.82, 2.24) is 15.1 Å². The lowest BCUT2D eigenvalue weighted by Gasteiger charge is -2.45. The number of hydrogen-bond donors (Lipinski definition) is 1. The van der Waals surface area contributed by atoms with Crippen molar-refractivity contribution in [3.05, 3.63) is 35.9 Å². The zero-order chi connectivity index (χ0) is 23.6. The van der Waals surface area contributed by atoms with Crippen LogP contribution in [0.25, 0.3) is 0 Å². The summed E-state index contributed by atoms with van der Waals surface area (Å²) >= 11 is 0. The molecule has 180 valence electrons. The molecule has 3 heterocycles. The number of nitrogens with zero attached hydrogens (tertiary/aromatic N) is 2. The molecule has 0 aliphatic carbocycles. The summed E-state index contributed by atoms with van der Waals surface area (Å²) in [6.07, 6.45) is 2.90. The smallest absolute Gasteiger partial charge is 0.256 e. The number of carbonyl (C=O) groups excluding carboxylic acids is 3. The van der Waals surface area contributed by atoms with Crippen molar-refractivity contribution in [2.75, 3.05) is 32.8 Å². The number of rotatable bonds is 4. The standard InChI is InChI=1S/C25H35N3O5/c1-24(2,3)23(31)27-13-11-25(12-14-27)28(22(30)18-8-5-4-6-9-18)20(17-33-25)21(29)26-16-19-10-7-15-32-19/h4-6,8-9,19-20H,7,10-17H2,1-3H3,(H,26,29). The summed E-state index contributed by atoms with van der Waals surface area (Å²) in [6.45, 7) is 7.99. The summed E-state index contributed by atoms with van der Waals surface area (Å²) in [5.74, 6) is -0.358. The molecule has 3 fully saturated rings. The Morgan fingerprint density at radius 3 is 2.42 bits per heavy atom. The maximum absolute atomic E-state index is 13.6. The number of benzene rings is 1. The van der Waals surface area contributed by atoms with Crippen LogP contribution in [0.5, 0.6) is 0 Å². The van der Waals surface area contributed by atoms with Crippen LogP contribution in [0.1, 0.15) is 56.8 Å². The molecule has 0 radical (unpaired) electrons.